The highest BCUT2D eigenvalue weighted by molar-refractivity contribution is 6.04. The Morgan fingerprint density at radius 1 is 1.05 bits per heavy atom. The number of anilines is 1. The normalized spacial score (nSPS) is 26.2. The molecule has 4 aliphatic rings. The first-order valence-corrected chi connectivity index (χ1v) is 20.1. The number of aliphatic hydroxyl groups is 2. The summed E-state index contributed by atoms with van der Waals surface area (Å²) in [5, 5.41) is 32.3. The summed E-state index contributed by atoms with van der Waals surface area (Å²) in [6.45, 7) is 6.21. The number of benzene rings is 2. The number of β-amino-alcohol motifs (C(OH)–C–C–N with tert-alkyl or cyclic N) is 1. The summed E-state index contributed by atoms with van der Waals surface area (Å²) in [5.74, 6) is 1.30. The number of hydrogen-bond donors (Lipinski definition) is 3. The highest BCUT2D eigenvalue weighted by atomic mass is 19.1. The van der Waals surface area contributed by atoms with Crippen LogP contribution in [0, 0.1) is 35.3 Å². The van der Waals surface area contributed by atoms with E-state index in [9.17, 15) is 15.3 Å². The molecule has 0 amide bonds. The Bertz CT molecular complexity index is 2130. The number of likely N-dealkylation sites (tertiary alicyclic amines) is 1. The molecular weight excluding hydrogens is 736 g/mol. The molecule has 14 heteroatoms. The molecule has 3 unspecified atom stereocenters. The number of piperidine rings is 1. The second-order valence-electron chi connectivity index (χ2n) is 15.5. The number of ether oxygens (including phenoxy) is 4. The van der Waals surface area contributed by atoms with Gasteiger partial charge in [-0.15, -0.1) is 6.42 Å². The fourth-order valence-corrected chi connectivity index (χ4v) is 9.47. The van der Waals surface area contributed by atoms with Crippen LogP contribution in [0.5, 0.6) is 17.6 Å². The Labute approximate surface area is 332 Å². The van der Waals surface area contributed by atoms with E-state index in [0.29, 0.717) is 30.1 Å². The van der Waals surface area contributed by atoms with E-state index in [-0.39, 0.29) is 88.3 Å². The highest BCUT2D eigenvalue weighted by Gasteiger charge is 2.49. The van der Waals surface area contributed by atoms with Gasteiger partial charge in [0.1, 0.15) is 34.0 Å². The van der Waals surface area contributed by atoms with E-state index in [4.69, 9.17) is 30.4 Å². The third-order valence-corrected chi connectivity index (χ3v) is 12.2. The minimum absolute atomic E-state index is 0.0198. The van der Waals surface area contributed by atoms with Crippen LogP contribution >= 0.6 is 0 Å². The molecule has 8 rings (SSSR count). The molecule has 2 aromatic carbocycles. The lowest BCUT2D eigenvalue weighted by Gasteiger charge is -2.48. The van der Waals surface area contributed by atoms with Gasteiger partial charge in [-0.05, 0) is 74.6 Å². The van der Waals surface area contributed by atoms with Crippen molar-refractivity contribution in [2.45, 2.75) is 83.1 Å². The Balaban J connectivity index is 0.00000244. The molecule has 0 bridgehead atoms. The molecule has 57 heavy (non-hydrogen) atoms. The predicted octanol–water partition coefficient (Wildman–Crippen LogP) is 5.84. The van der Waals surface area contributed by atoms with E-state index >= 15 is 8.78 Å². The molecule has 306 valence electrons. The maximum Gasteiger partial charge on any atom is 0.319 e. The minimum atomic E-state index is -0.953. The molecular formula is C43H53F2N5O7. The van der Waals surface area contributed by atoms with Gasteiger partial charge in [-0.3, -0.25) is 4.90 Å². The van der Waals surface area contributed by atoms with Crippen LogP contribution in [0.2, 0.25) is 0 Å². The molecule has 2 aliphatic heterocycles. The number of halogens is 2. The zero-order valence-electron chi connectivity index (χ0n) is 33.1. The number of hydrogen-bond acceptors (Lipinski definition) is 12. The first kappa shape index (κ1) is 40.8. The number of methoxy groups -OCH3 is 2. The predicted molar refractivity (Wildman–Crippen MR) is 213 cm³/mol. The zero-order valence-corrected chi connectivity index (χ0v) is 33.1. The van der Waals surface area contributed by atoms with E-state index < -0.39 is 23.8 Å². The van der Waals surface area contributed by atoms with Crippen LogP contribution < -0.4 is 14.4 Å². The number of terminal acetylenes is 1. The molecule has 2 aromatic heterocycles. The van der Waals surface area contributed by atoms with Crippen molar-refractivity contribution in [1.29, 1.82) is 0 Å². The van der Waals surface area contributed by atoms with E-state index in [1.54, 1.807) is 12.0 Å². The van der Waals surface area contributed by atoms with Crippen molar-refractivity contribution in [2.75, 3.05) is 65.1 Å². The molecule has 4 aromatic rings. The number of aliphatic hydroxyl groups excluding tert-OH is 2. The minimum Gasteiger partial charge on any atom is -0.508 e. The molecule has 2 aliphatic carbocycles. The third kappa shape index (κ3) is 7.80. The monoisotopic (exact) mass is 789 g/mol. The van der Waals surface area contributed by atoms with Crippen molar-refractivity contribution < 1.29 is 43.0 Å². The second kappa shape index (κ2) is 17.2. The summed E-state index contributed by atoms with van der Waals surface area (Å²) in [7, 11) is 3.15. The lowest BCUT2D eigenvalue weighted by Crippen LogP contribution is -2.54. The molecule has 3 N–H and O–H groups in total. The number of pyridine rings is 1. The van der Waals surface area contributed by atoms with Gasteiger partial charge in [0.05, 0.1) is 50.8 Å². The number of rotatable bonds is 10. The summed E-state index contributed by atoms with van der Waals surface area (Å²) in [4.78, 5) is 18.4. The van der Waals surface area contributed by atoms with Crippen molar-refractivity contribution in [3.8, 4) is 41.2 Å². The molecule has 4 fully saturated rings. The average Bonchev–Trinajstić information content (AvgIpc) is 3.55. The third-order valence-electron chi connectivity index (χ3n) is 12.2. The van der Waals surface area contributed by atoms with Gasteiger partial charge in [-0.25, -0.2) is 13.8 Å². The van der Waals surface area contributed by atoms with Crippen LogP contribution in [0.1, 0.15) is 64.4 Å². The van der Waals surface area contributed by atoms with Gasteiger partial charge >= 0.3 is 6.01 Å². The summed E-state index contributed by atoms with van der Waals surface area (Å²) in [5.41, 5.74) is -0.678. The number of aromatic hydroxyl groups is 1. The Morgan fingerprint density at radius 2 is 1.84 bits per heavy atom. The zero-order chi connectivity index (χ0) is 40.4. The highest BCUT2D eigenvalue weighted by Crippen LogP contribution is 2.49. The van der Waals surface area contributed by atoms with Crippen LogP contribution in [0.15, 0.2) is 24.3 Å². The van der Waals surface area contributed by atoms with Gasteiger partial charge in [0.15, 0.2) is 5.82 Å². The maximum absolute atomic E-state index is 17.3. The molecule has 4 heterocycles. The molecule has 0 radical (unpaired) electrons. The molecule has 2 saturated carbocycles. The largest absolute Gasteiger partial charge is 0.508 e. The maximum atomic E-state index is 17.3. The van der Waals surface area contributed by atoms with Gasteiger partial charge in [-0.2, -0.15) is 9.97 Å². The first-order chi connectivity index (χ1) is 27.6. The number of phenols is 1. The lowest BCUT2D eigenvalue weighted by atomic mass is 9.74. The van der Waals surface area contributed by atoms with E-state index in [1.807, 2.05) is 13.8 Å². The average molecular weight is 790 g/mol. The van der Waals surface area contributed by atoms with E-state index in [0.717, 1.165) is 58.0 Å². The smallest absolute Gasteiger partial charge is 0.319 e. The van der Waals surface area contributed by atoms with Crippen molar-refractivity contribution >= 4 is 27.5 Å². The summed E-state index contributed by atoms with van der Waals surface area (Å²) >= 11 is 0. The molecule has 4 atom stereocenters. The van der Waals surface area contributed by atoms with Crippen LogP contribution in [0.25, 0.3) is 32.9 Å². The summed E-state index contributed by atoms with van der Waals surface area (Å²) in [6, 6.07) is 5.60. The number of fused-ring (bicyclic) bond motifs is 3. The second-order valence-corrected chi connectivity index (χ2v) is 15.5. The Morgan fingerprint density at radius 3 is 2.58 bits per heavy atom. The van der Waals surface area contributed by atoms with Crippen molar-refractivity contribution in [1.82, 2.24) is 19.9 Å². The van der Waals surface area contributed by atoms with Crippen LogP contribution in [-0.2, 0) is 9.47 Å². The number of aromatic nitrogens is 3. The SMILES string of the molecule is C#Cc1c(F)ccc2cc(O)cc(-c3nc(OC)c4c(N5CC(O)CO[C@@H](CO)C5)nc(OCC56CCCC5N(CC5CC(OC)C5)CCC6)nc4c3F)c12.CC. The van der Waals surface area contributed by atoms with Crippen molar-refractivity contribution in [3.63, 3.8) is 0 Å². The van der Waals surface area contributed by atoms with E-state index in [1.165, 1.54) is 31.4 Å². The molecule has 0 spiro atoms. The van der Waals surface area contributed by atoms with E-state index in [2.05, 4.69) is 20.8 Å². The van der Waals surface area contributed by atoms with Gasteiger partial charge in [-0.1, -0.05) is 32.3 Å². The topological polar surface area (TPSA) is 143 Å². The van der Waals surface area contributed by atoms with Gasteiger partial charge in [0, 0.05) is 49.2 Å². The first-order valence-electron chi connectivity index (χ1n) is 20.1. The van der Waals surface area contributed by atoms with Crippen LogP contribution in [0.3, 0.4) is 0 Å². The Hall–Kier alpha value is -4.39. The standard InChI is InChI=1S/C41H47F2N5O7.C2H6/c1-4-29-31(42)9-8-24-15-25(50)16-30(33(24)29)36-35(43)37-34(39(44-36)53-3)38(48-18-26(51)21-54-28(19-48)20-49)46-40(45-37)55-22-41-10-5-7-32(41)47(12-6-11-41)17-23-13-27(14-23)52-2;1-2/h1,8-9,15-16,23,26-28,32,49-51H,5-7,10-14,17-22H2,2-3H3;1-2H3/t23?,26?,27?,28-,32?,41?;/m1./s1. The summed E-state index contributed by atoms with van der Waals surface area (Å²) < 4.78 is 56.0. The number of phenolic OH excluding ortho intramolecular Hbond substituents is 1. The van der Waals surface area contributed by atoms with Gasteiger partial charge in [0.2, 0.25) is 5.88 Å². The molecule has 12 nitrogen and oxygen atoms in total. The van der Waals surface area contributed by atoms with Crippen LogP contribution in [0.4, 0.5) is 14.6 Å². The number of nitrogens with zero attached hydrogens (tertiary/aromatic N) is 5. The van der Waals surface area contributed by atoms with Gasteiger partial charge < -0.3 is 39.2 Å². The van der Waals surface area contributed by atoms with Gasteiger partial charge in [0.25, 0.3) is 0 Å². The van der Waals surface area contributed by atoms with Crippen molar-refractivity contribution in [2.24, 2.45) is 11.3 Å². The van der Waals surface area contributed by atoms with Crippen molar-refractivity contribution in [3.05, 3.63) is 41.5 Å². The molecule has 2 saturated heterocycles. The van der Waals surface area contributed by atoms with Crippen LogP contribution in [-0.4, -0.2) is 120 Å². The fraction of sp³-hybridized carbons (Fsp3) is 0.558. The summed E-state index contributed by atoms with van der Waals surface area (Å²) in [6.07, 6.45) is 11.8. The lowest BCUT2D eigenvalue weighted by molar-refractivity contribution is -0.0457. The quantitative estimate of drug-likeness (QED) is 0.166. The Kier molecular flexibility index (Phi) is 12.3. The fourth-order valence-electron chi connectivity index (χ4n) is 9.47.